The molecule has 0 aliphatic carbocycles. The second kappa shape index (κ2) is 16.0. The van der Waals surface area contributed by atoms with Crippen LogP contribution in [0.1, 0.15) is 49.0 Å². The molecular weight excluding hydrogens is 529 g/mol. The van der Waals surface area contributed by atoms with Crippen LogP contribution in [0.15, 0.2) is 60.7 Å². The van der Waals surface area contributed by atoms with Crippen molar-refractivity contribution in [3.63, 3.8) is 0 Å². The Morgan fingerprint density at radius 2 is 1.70 bits per heavy atom. The highest BCUT2D eigenvalue weighted by atomic mass is 33.1. The lowest BCUT2D eigenvalue weighted by molar-refractivity contribution is -0.189. The number of amides is 1. The Morgan fingerprint density at radius 1 is 1.08 bits per heavy atom. The van der Waals surface area contributed by atoms with E-state index in [9.17, 15) is 14.4 Å². The number of thiol groups is 1. The van der Waals surface area contributed by atoms with Gasteiger partial charge in [-0.15, -0.1) is 11.7 Å². The molecule has 0 spiro atoms. The summed E-state index contributed by atoms with van der Waals surface area (Å²) < 4.78 is 10.7. The second-order valence-electron chi connectivity index (χ2n) is 8.42. The van der Waals surface area contributed by atoms with Gasteiger partial charge in [-0.2, -0.15) is 11.8 Å². The van der Waals surface area contributed by atoms with Crippen molar-refractivity contribution >= 4 is 52.1 Å². The van der Waals surface area contributed by atoms with Gasteiger partial charge in [-0.3, -0.25) is 9.59 Å². The molecule has 7 nitrogen and oxygen atoms in total. The molecule has 3 N–H and O–H groups in total. The number of rotatable bonds is 15. The molecule has 0 saturated carbocycles. The van der Waals surface area contributed by atoms with E-state index in [0.29, 0.717) is 18.5 Å². The van der Waals surface area contributed by atoms with E-state index in [-0.39, 0.29) is 16.9 Å². The van der Waals surface area contributed by atoms with Crippen LogP contribution in [0.3, 0.4) is 0 Å². The van der Waals surface area contributed by atoms with Crippen molar-refractivity contribution in [2.24, 2.45) is 11.7 Å². The van der Waals surface area contributed by atoms with Gasteiger partial charge in [-0.25, -0.2) is 4.79 Å². The van der Waals surface area contributed by atoms with E-state index in [2.05, 4.69) is 17.0 Å². The molecule has 2 rings (SSSR count). The molecule has 0 aliphatic rings. The molecule has 0 aliphatic heterocycles. The Kier molecular flexibility index (Phi) is 13.4. The highest BCUT2D eigenvalue weighted by Gasteiger charge is 2.49. The summed E-state index contributed by atoms with van der Waals surface area (Å²) in [5.74, 6) is -2.55. The number of hydrogen-bond donors (Lipinski definition) is 3. The van der Waals surface area contributed by atoms with Crippen molar-refractivity contribution in [3.05, 3.63) is 71.8 Å². The monoisotopic (exact) mass is 564 g/mol. The molecule has 1 amide bonds. The van der Waals surface area contributed by atoms with Gasteiger partial charge in [0.15, 0.2) is 0 Å². The van der Waals surface area contributed by atoms with E-state index >= 15 is 0 Å². The van der Waals surface area contributed by atoms with Crippen molar-refractivity contribution in [2.45, 2.75) is 48.8 Å². The van der Waals surface area contributed by atoms with Gasteiger partial charge in [0.25, 0.3) is 0 Å². The van der Waals surface area contributed by atoms with Crippen LogP contribution < -0.4 is 11.1 Å². The molecule has 2 aromatic carbocycles. The maximum atomic E-state index is 14.1. The van der Waals surface area contributed by atoms with E-state index < -0.39 is 29.5 Å². The van der Waals surface area contributed by atoms with Crippen molar-refractivity contribution < 1.29 is 23.9 Å². The standard InChI is InChI=1S/C27H36N2O5S3/c1-4-23(30)34-27(26(32)33-2,20-14-9-6-10-15-20)29-25(31)22(18-21(37-35)16-11-17-28)24(36-3)19-12-7-5-8-13-19/h5-10,12-15,21-22,24,35H,4,11,16-18,28H2,1-3H3,(H,29,31). The molecule has 0 fully saturated rings. The zero-order chi connectivity index (χ0) is 27.3. The van der Waals surface area contributed by atoms with Gasteiger partial charge in [0, 0.05) is 22.5 Å². The summed E-state index contributed by atoms with van der Waals surface area (Å²) >= 11 is 6.01. The number of nitrogens with two attached hydrogens (primary N) is 1. The van der Waals surface area contributed by atoms with Crippen LogP contribution in [0.25, 0.3) is 0 Å². The van der Waals surface area contributed by atoms with Gasteiger partial charge in [-0.1, -0.05) is 78.4 Å². The van der Waals surface area contributed by atoms with E-state index in [1.165, 1.54) is 17.9 Å². The number of methoxy groups -OCH3 is 1. The first-order chi connectivity index (χ1) is 17.9. The molecule has 0 heterocycles. The molecule has 2 aromatic rings. The zero-order valence-corrected chi connectivity index (χ0v) is 24.0. The van der Waals surface area contributed by atoms with Gasteiger partial charge >= 0.3 is 17.7 Å². The van der Waals surface area contributed by atoms with Crippen molar-refractivity contribution in [1.82, 2.24) is 5.32 Å². The Morgan fingerprint density at radius 3 is 2.22 bits per heavy atom. The molecular formula is C27H36N2O5S3. The quantitative estimate of drug-likeness (QED) is 0.122. The fraction of sp³-hybridized carbons (Fsp3) is 0.444. The summed E-state index contributed by atoms with van der Waals surface area (Å²) in [6.07, 6.45) is 4.03. The average molecular weight is 565 g/mol. The minimum atomic E-state index is -2.13. The van der Waals surface area contributed by atoms with Gasteiger partial charge in [0.05, 0.1) is 13.0 Å². The van der Waals surface area contributed by atoms with Crippen molar-refractivity contribution in [3.8, 4) is 0 Å². The third kappa shape index (κ3) is 8.43. The summed E-state index contributed by atoms with van der Waals surface area (Å²) in [6.45, 7) is 2.16. The van der Waals surface area contributed by atoms with Gasteiger partial charge in [0.1, 0.15) is 0 Å². The summed E-state index contributed by atoms with van der Waals surface area (Å²) in [4.78, 5) is 39.9. The second-order valence-corrected chi connectivity index (χ2v) is 10.9. The third-order valence-electron chi connectivity index (χ3n) is 5.99. The lowest BCUT2D eigenvalue weighted by Gasteiger charge is -2.35. The minimum Gasteiger partial charge on any atom is -0.464 e. The van der Waals surface area contributed by atoms with Crippen molar-refractivity contribution in [1.29, 1.82) is 0 Å². The molecule has 0 saturated heterocycles. The topological polar surface area (TPSA) is 108 Å². The Labute approximate surface area is 232 Å². The van der Waals surface area contributed by atoms with E-state index in [1.807, 2.05) is 36.6 Å². The van der Waals surface area contributed by atoms with Crippen LogP contribution in [-0.2, 0) is 29.6 Å². The number of esters is 2. The summed E-state index contributed by atoms with van der Waals surface area (Å²) in [5, 5.41) is 2.62. The first kappa shape index (κ1) is 31.1. The zero-order valence-electron chi connectivity index (χ0n) is 21.4. The number of carbonyl (C=O) groups is 3. The number of benzene rings is 2. The summed E-state index contributed by atoms with van der Waals surface area (Å²) in [7, 11) is 2.58. The van der Waals surface area contributed by atoms with Crippen LogP contribution in [0, 0.1) is 5.92 Å². The van der Waals surface area contributed by atoms with Gasteiger partial charge in [-0.05, 0) is 37.6 Å². The molecule has 4 atom stereocenters. The number of thioether (sulfide) groups is 1. The smallest absolute Gasteiger partial charge is 0.377 e. The first-order valence-electron chi connectivity index (χ1n) is 12.1. The van der Waals surface area contributed by atoms with E-state index in [4.69, 9.17) is 15.2 Å². The fourth-order valence-electron chi connectivity index (χ4n) is 4.08. The summed E-state index contributed by atoms with van der Waals surface area (Å²) in [5.41, 5.74) is 4.88. The van der Waals surface area contributed by atoms with E-state index in [0.717, 1.165) is 18.4 Å². The normalized spacial score (nSPS) is 15.1. The molecule has 0 aromatic heterocycles. The Bertz CT molecular complexity index is 996. The maximum absolute atomic E-state index is 14.1. The van der Waals surface area contributed by atoms with Crippen LogP contribution in [0.2, 0.25) is 0 Å². The number of nitrogens with one attached hydrogen (secondary N) is 1. The van der Waals surface area contributed by atoms with Gasteiger partial charge < -0.3 is 20.5 Å². The Balaban J connectivity index is 2.58. The highest BCUT2D eigenvalue weighted by molar-refractivity contribution is 8.68. The largest absolute Gasteiger partial charge is 0.464 e. The van der Waals surface area contributed by atoms with Gasteiger partial charge in [0.2, 0.25) is 5.91 Å². The van der Waals surface area contributed by atoms with Crippen molar-refractivity contribution in [2.75, 3.05) is 19.9 Å². The van der Waals surface area contributed by atoms with Crippen LogP contribution >= 0.6 is 34.2 Å². The SMILES string of the molecule is CCC(=O)OC(NC(=O)C(CC(CCCN)SS)C(SC)c1ccccc1)(C(=O)OC)c1ccccc1. The number of ether oxygens (including phenoxy) is 2. The third-order valence-corrected chi connectivity index (χ3v) is 8.72. The van der Waals surface area contributed by atoms with Crippen LogP contribution in [0.4, 0.5) is 0 Å². The number of hydrogen-bond acceptors (Lipinski definition) is 9. The highest BCUT2D eigenvalue weighted by Crippen LogP contribution is 2.41. The Hall–Kier alpha value is -2.14. The molecule has 0 radical (unpaired) electrons. The molecule has 10 heteroatoms. The van der Waals surface area contributed by atoms with Crippen LogP contribution in [-0.4, -0.2) is 43.0 Å². The predicted octanol–water partition coefficient (Wildman–Crippen LogP) is 4.88. The minimum absolute atomic E-state index is 0.0137. The molecule has 202 valence electrons. The number of carbonyl (C=O) groups excluding carboxylic acids is 3. The molecule has 0 bridgehead atoms. The molecule has 37 heavy (non-hydrogen) atoms. The molecule has 4 unspecified atom stereocenters. The first-order valence-corrected chi connectivity index (χ1v) is 15.3. The lowest BCUT2D eigenvalue weighted by atomic mass is 9.90. The maximum Gasteiger partial charge on any atom is 0.377 e. The lowest BCUT2D eigenvalue weighted by Crippen LogP contribution is -2.57. The predicted molar refractivity (Wildman–Crippen MR) is 154 cm³/mol. The van der Waals surface area contributed by atoms with E-state index in [1.54, 1.807) is 49.0 Å². The average Bonchev–Trinajstić information content (AvgIpc) is 2.94. The fourth-order valence-corrected chi connectivity index (χ4v) is 6.21. The van der Waals surface area contributed by atoms with Crippen LogP contribution in [0.5, 0.6) is 0 Å². The summed E-state index contributed by atoms with van der Waals surface area (Å²) in [6, 6.07) is 18.1.